The zero-order chi connectivity index (χ0) is 23.7. The van der Waals surface area contributed by atoms with E-state index in [2.05, 4.69) is 16.7 Å². The Morgan fingerprint density at radius 1 is 1.09 bits per heavy atom. The van der Waals surface area contributed by atoms with Gasteiger partial charge in [-0.1, -0.05) is 0 Å². The first kappa shape index (κ1) is 22.9. The van der Waals surface area contributed by atoms with Crippen molar-refractivity contribution < 1.29 is 19.1 Å². The molecule has 0 spiro atoms. The maximum absolute atomic E-state index is 12.9. The fourth-order valence-electron chi connectivity index (χ4n) is 5.91. The van der Waals surface area contributed by atoms with Crippen LogP contribution in [0.25, 0.3) is 0 Å². The Balaban J connectivity index is 1.18. The van der Waals surface area contributed by atoms with Crippen molar-refractivity contribution in [2.24, 2.45) is 11.8 Å². The van der Waals surface area contributed by atoms with Crippen LogP contribution in [0.15, 0.2) is 18.2 Å². The fourth-order valence-corrected chi connectivity index (χ4v) is 5.91. The van der Waals surface area contributed by atoms with Gasteiger partial charge in [-0.15, -0.1) is 0 Å². The number of amides is 3. The number of hydrogen-bond acceptors (Lipinski definition) is 6. The summed E-state index contributed by atoms with van der Waals surface area (Å²) in [6.45, 7) is 1.33. The van der Waals surface area contributed by atoms with Crippen molar-refractivity contribution in [3.8, 4) is 11.8 Å². The van der Waals surface area contributed by atoms with E-state index in [1.54, 1.807) is 11.0 Å². The molecule has 2 N–H and O–H groups in total. The summed E-state index contributed by atoms with van der Waals surface area (Å²) in [6.07, 6.45) is 8.17. The Hall–Kier alpha value is -2.92. The number of imide groups is 1. The lowest BCUT2D eigenvalue weighted by atomic mass is 9.82. The fraction of sp³-hybridized carbons (Fsp3) is 0.615. The molecular formula is C26H32N4O4. The van der Waals surface area contributed by atoms with Crippen LogP contribution in [0, 0.1) is 23.2 Å². The average Bonchev–Trinajstić information content (AvgIpc) is 3.41. The number of fused-ring (bicyclic) bond motifs is 1. The predicted octanol–water partition coefficient (Wildman–Crippen LogP) is 2.67. The van der Waals surface area contributed by atoms with Crippen molar-refractivity contribution in [1.29, 1.82) is 5.26 Å². The molecule has 8 nitrogen and oxygen atoms in total. The third kappa shape index (κ3) is 4.67. The zero-order valence-electron chi connectivity index (χ0n) is 19.4. The van der Waals surface area contributed by atoms with Gasteiger partial charge in [0.1, 0.15) is 17.9 Å². The highest BCUT2D eigenvalue weighted by Crippen LogP contribution is 2.33. The van der Waals surface area contributed by atoms with Gasteiger partial charge in [0.15, 0.2) is 0 Å². The maximum atomic E-state index is 12.9. The minimum atomic E-state index is -0.603. The third-order valence-corrected chi connectivity index (χ3v) is 7.93. The summed E-state index contributed by atoms with van der Waals surface area (Å²) < 4.78 is 6.38. The number of nitrogens with one attached hydrogen (secondary N) is 2. The zero-order valence-corrected chi connectivity index (χ0v) is 19.4. The van der Waals surface area contributed by atoms with E-state index in [0.717, 1.165) is 62.8 Å². The number of hydrogen-bond donors (Lipinski definition) is 2. The Morgan fingerprint density at radius 3 is 2.68 bits per heavy atom. The summed E-state index contributed by atoms with van der Waals surface area (Å²) in [7, 11) is 0. The second-order valence-corrected chi connectivity index (χ2v) is 10.2. The third-order valence-electron chi connectivity index (χ3n) is 7.93. The summed E-state index contributed by atoms with van der Waals surface area (Å²) in [5, 5.41) is 15.2. The van der Waals surface area contributed by atoms with E-state index in [-0.39, 0.29) is 30.3 Å². The lowest BCUT2D eigenvalue weighted by molar-refractivity contribution is -0.136. The Labute approximate surface area is 200 Å². The predicted molar refractivity (Wildman–Crippen MR) is 124 cm³/mol. The molecule has 2 heterocycles. The smallest absolute Gasteiger partial charge is 0.255 e. The standard InChI is InChI=1S/C26H32N4O4/c27-13-16-4-6-17(7-5-16)14-28-21-2-1-3-23(21)34-19-8-9-20-18(12-19)15-30(26(20)33)22-10-11-24(31)29-25(22)32/h8-9,12,16-17,21-23,28H,1-7,10-11,14-15H2,(H,29,31,32)/t16?,17?,21-,22?,23?/m1/s1. The van der Waals surface area contributed by atoms with Crippen LogP contribution in [-0.4, -0.2) is 47.4 Å². The molecule has 2 unspecified atom stereocenters. The minimum Gasteiger partial charge on any atom is -0.489 e. The topological polar surface area (TPSA) is 112 Å². The van der Waals surface area contributed by atoms with Crippen LogP contribution in [0.1, 0.15) is 73.7 Å². The highest BCUT2D eigenvalue weighted by molar-refractivity contribution is 6.05. The van der Waals surface area contributed by atoms with Gasteiger partial charge in [-0.05, 0) is 87.6 Å². The van der Waals surface area contributed by atoms with Crippen LogP contribution < -0.4 is 15.4 Å². The van der Waals surface area contributed by atoms with Crippen molar-refractivity contribution in [3.63, 3.8) is 0 Å². The van der Waals surface area contributed by atoms with E-state index in [1.807, 2.05) is 12.1 Å². The first-order valence-corrected chi connectivity index (χ1v) is 12.6. The molecule has 0 aromatic heterocycles. The van der Waals surface area contributed by atoms with Crippen LogP contribution in [0.3, 0.4) is 0 Å². The first-order chi connectivity index (χ1) is 16.5. The van der Waals surface area contributed by atoms with E-state index in [1.165, 1.54) is 0 Å². The van der Waals surface area contributed by atoms with Crippen LogP contribution >= 0.6 is 0 Å². The summed E-state index contributed by atoms with van der Waals surface area (Å²) in [5.41, 5.74) is 1.47. The lowest BCUT2D eigenvalue weighted by Gasteiger charge is -2.29. The number of rotatable bonds is 6. The van der Waals surface area contributed by atoms with Gasteiger partial charge in [0.25, 0.3) is 5.91 Å². The highest BCUT2D eigenvalue weighted by Gasteiger charge is 2.39. The first-order valence-electron chi connectivity index (χ1n) is 12.6. The summed E-state index contributed by atoms with van der Waals surface area (Å²) >= 11 is 0. The van der Waals surface area contributed by atoms with Crippen molar-refractivity contribution in [2.45, 2.75) is 82.5 Å². The van der Waals surface area contributed by atoms with Gasteiger partial charge >= 0.3 is 0 Å². The molecule has 1 aromatic rings. The molecule has 1 aromatic carbocycles. The molecule has 2 saturated carbocycles. The molecule has 34 heavy (non-hydrogen) atoms. The Morgan fingerprint density at radius 2 is 1.91 bits per heavy atom. The SMILES string of the molecule is N#CC1CCC(CN[C@@H]2CCCC2Oc2ccc3c(c2)CN(C2CCC(=O)NC2=O)C3=O)CC1. The highest BCUT2D eigenvalue weighted by atomic mass is 16.5. The van der Waals surface area contributed by atoms with E-state index >= 15 is 0 Å². The molecule has 3 atom stereocenters. The van der Waals surface area contributed by atoms with Gasteiger partial charge in [0, 0.05) is 30.5 Å². The number of carbonyl (C=O) groups excluding carboxylic acids is 3. The van der Waals surface area contributed by atoms with E-state index in [0.29, 0.717) is 30.5 Å². The van der Waals surface area contributed by atoms with Crippen LogP contribution in [0.5, 0.6) is 5.75 Å². The number of benzene rings is 1. The summed E-state index contributed by atoms with van der Waals surface area (Å²) in [5.74, 6) is 0.782. The number of carbonyl (C=O) groups is 3. The molecule has 180 valence electrons. The number of nitrogens with zero attached hydrogens (tertiary/aromatic N) is 2. The second-order valence-electron chi connectivity index (χ2n) is 10.2. The van der Waals surface area contributed by atoms with E-state index < -0.39 is 11.9 Å². The molecule has 0 bridgehead atoms. The molecule has 0 radical (unpaired) electrons. The van der Waals surface area contributed by atoms with Crippen LogP contribution in [0.2, 0.25) is 0 Å². The van der Waals surface area contributed by atoms with Crippen LogP contribution in [-0.2, 0) is 16.1 Å². The van der Waals surface area contributed by atoms with Crippen molar-refractivity contribution in [1.82, 2.24) is 15.5 Å². The molecule has 2 aliphatic heterocycles. The van der Waals surface area contributed by atoms with E-state index in [4.69, 9.17) is 10.00 Å². The quantitative estimate of drug-likeness (QED) is 0.626. The lowest BCUT2D eigenvalue weighted by Crippen LogP contribution is -2.52. The van der Waals surface area contributed by atoms with E-state index in [9.17, 15) is 14.4 Å². The van der Waals surface area contributed by atoms with Gasteiger partial charge in [0.05, 0.1) is 6.07 Å². The number of nitriles is 1. The molecular weight excluding hydrogens is 432 g/mol. The van der Waals surface area contributed by atoms with Crippen molar-refractivity contribution in [2.75, 3.05) is 6.54 Å². The summed E-state index contributed by atoms with van der Waals surface area (Å²) in [4.78, 5) is 38.2. The number of piperidine rings is 1. The normalized spacial score (nSPS) is 31.2. The monoisotopic (exact) mass is 464 g/mol. The molecule has 2 aliphatic carbocycles. The molecule has 4 aliphatic rings. The average molecular weight is 465 g/mol. The molecule has 3 amide bonds. The molecule has 5 rings (SSSR count). The Bertz CT molecular complexity index is 1010. The Kier molecular flexibility index (Phi) is 6.55. The van der Waals surface area contributed by atoms with Crippen LogP contribution in [0.4, 0.5) is 0 Å². The van der Waals surface area contributed by atoms with Gasteiger partial charge in [-0.2, -0.15) is 5.26 Å². The van der Waals surface area contributed by atoms with Gasteiger partial charge in [0.2, 0.25) is 11.8 Å². The summed E-state index contributed by atoms with van der Waals surface area (Å²) in [6, 6.07) is 7.68. The van der Waals surface area contributed by atoms with Crippen molar-refractivity contribution >= 4 is 17.7 Å². The van der Waals surface area contributed by atoms with Gasteiger partial charge < -0.3 is 15.0 Å². The maximum Gasteiger partial charge on any atom is 0.255 e. The van der Waals surface area contributed by atoms with Gasteiger partial charge in [-0.3, -0.25) is 19.7 Å². The molecule has 8 heteroatoms. The molecule has 3 fully saturated rings. The minimum absolute atomic E-state index is 0.0943. The second kappa shape index (κ2) is 9.75. The number of ether oxygens (including phenoxy) is 1. The van der Waals surface area contributed by atoms with Gasteiger partial charge in [-0.25, -0.2) is 0 Å². The largest absolute Gasteiger partial charge is 0.489 e. The molecule has 1 saturated heterocycles. The van der Waals surface area contributed by atoms with Crippen molar-refractivity contribution in [3.05, 3.63) is 29.3 Å².